The first kappa shape index (κ1) is 23.0. The Bertz CT molecular complexity index is 992. The highest BCUT2D eigenvalue weighted by atomic mass is 32.2. The van der Waals surface area contributed by atoms with Crippen molar-refractivity contribution in [1.29, 1.82) is 0 Å². The van der Waals surface area contributed by atoms with Gasteiger partial charge in [-0.25, -0.2) is 17.8 Å². The summed E-state index contributed by atoms with van der Waals surface area (Å²) in [4.78, 5) is 10.5. The Morgan fingerprint density at radius 1 is 1.16 bits per heavy atom. The van der Waals surface area contributed by atoms with Gasteiger partial charge in [-0.3, -0.25) is 4.99 Å². The predicted molar refractivity (Wildman–Crippen MR) is 121 cm³/mol. The topological polar surface area (TPSA) is 89.9 Å². The van der Waals surface area contributed by atoms with Crippen LogP contribution in [0.2, 0.25) is 0 Å². The third kappa shape index (κ3) is 6.38. The van der Waals surface area contributed by atoms with E-state index in [9.17, 15) is 12.8 Å². The van der Waals surface area contributed by atoms with Gasteiger partial charge in [-0.1, -0.05) is 18.2 Å². The van der Waals surface area contributed by atoms with Crippen molar-refractivity contribution in [2.45, 2.75) is 13.5 Å². The molecule has 0 spiro atoms. The lowest BCUT2D eigenvalue weighted by Crippen LogP contribution is -2.50. The second-order valence-electron chi connectivity index (χ2n) is 7.33. The molecule has 1 fully saturated rings. The number of benzene rings is 1. The molecule has 2 heterocycles. The van der Waals surface area contributed by atoms with Crippen molar-refractivity contribution >= 4 is 21.8 Å². The number of aromatic nitrogens is 1. The van der Waals surface area contributed by atoms with Gasteiger partial charge in [0.1, 0.15) is 11.6 Å². The van der Waals surface area contributed by atoms with E-state index < -0.39 is 10.0 Å². The maximum absolute atomic E-state index is 13.7. The van der Waals surface area contributed by atoms with E-state index in [0.29, 0.717) is 44.2 Å². The number of anilines is 1. The Hall–Kier alpha value is -2.72. The molecule has 8 nitrogen and oxygen atoms in total. The number of aliphatic imine (C=N–C) groups is 1. The quantitative estimate of drug-likeness (QED) is 0.491. The summed E-state index contributed by atoms with van der Waals surface area (Å²) < 4.78 is 40.6. The summed E-state index contributed by atoms with van der Waals surface area (Å²) in [7, 11) is -1.77. The fraction of sp³-hybridized carbons (Fsp3) is 0.429. The van der Waals surface area contributed by atoms with Gasteiger partial charge in [-0.05, 0) is 36.2 Å². The van der Waals surface area contributed by atoms with Gasteiger partial charge in [0.15, 0.2) is 5.96 Å². The van der Waals surface area contributed by atoms with Gasteiger partial charge in [-0.2, -0.15) is 4.31 Å². The van der Waals surface area contributed by atoms with Crippen LogP contribution >= 0.6 is 0 Å². The van der Waals surface area contributed by atoms with Crippen molar-refractivity contribution < 1.29 is 12.8 Å². The number of aryl methyl sites for hydroxylation is 1. The molecule has 1 aromatic carbocycles. The van der Waals surface area contributed by atoms with Crippen molar-refractivity contribution in [1.82, 2.24) is 19.9 Å². The summed E-state index contributed by atoms with van der Waals surface area (Å²) >= 11 is 0. The molecule has 1 aliphatic rings. The van der Waals surface area contributed by atoms with E-state index in [0.717, 1.165) is 11.4 Å². The van der Waals surface area contributed by atoms with Crippen LogP contribution < -0.4 is 15.5 Å². The summed E-state index contributed by atoms with van der Waals surface area (Å²) in [5.41, 5.74) is 1.38. The number of nitrogens with one attached hydrogen (secondary N) is 2. The number of halogens is 1. The maximum atomic E-state index is 13.7. The third-order valence-electron chi connectivity index (χ3n) is 5.18. The summed E-state index contributed by atoms with van der Waals surface area (Å²) in [6.07, 6.45) is 1.74. The smallest absolute Gasteiger partial charge is 0.215 e. The Morgan fingerprint density at radius 2 is 1.94 bits per heavy atom. The Balaban J connectivity index is 1.43. The van der Waals surface area contributed by atoms with Crippen LogP contribution in [0.4, 0.5) is 10.2 Å². The van der Waals surface area contributed by atoms with Gasteiger partial charge in [0.05, 0.1) is 5.75 Å². The molecule has 0 aliphatic carbocycles. The van der Waals surface area contributed by atoms with Gasteiger partial charge in [0.25, 0.3) is 0 Å². The molecule has 1 saturated heterocycles. The fourth-order valence-electron chi connectivity index (χ4n) is 3.32. The molecule has 3 rings (SSSR count). The molecule has 1 aromatic heterocycles. The number of rotatable bonds is 7. The minimum Gasteiger partial charge on any atom is -0.355 e. The second kappa shape index (κ2) is 10.5. The molecule has 10 heteroatoms. The van der Waals surface area contributed by atoms with Crippen molar-refractivity contribution in [2.75, 3.05) is 50.4 Å². The van der Waals surface area contributed by atoms with Crippen LogP contribution in [0.15, 0.2) is 47.6 Å². The van der Waals surface area contributed by atoms with Crippen molar-refractivity contribution in [3.05, 3.63) is 59.5 Å². The van der Waals surface area contributed by atoms with Gasteiger partial charge >= 0.3 is 0 Å². The Kier molecular flexibility index (Phi) is 7.80. The zero-order valence-corrected chi connectivity index (χ0v) is 18.7. The first-order valence-corrected chi connectivity index (χ1v) is 11.8. The molecule has 31 heavy (non-hydrogen) atoms. The Morgan fingerprint density at radius 3 is 2.58 bits per heavy atom. The van der Waals surface area contributed by atoms with Crippen LogP contribution in [0.3, 0.4) is 0 Å². The molecule has 2 aromatic rings. The molecule has 168 valence electrons. The summed E-state index contributed by atoms with van der Waals surface area (Å²) in [6, 6.07) is 10.8. The first-order valence-electron chi connectivity index (χ1n) is 10.2. The van der Waals surface area contributed by atoms with Crippen LogP contribution in [0.25, 0.3) is 0 Å². The van der Waals surface area contributed by atoms with E-state index in [1.54, 1.807) is 26.2 Å². The average molecular weight is 449 g/mol. The van der Waals surface area contributed by atoms with Gasteiger partial charge in [0, 0.05) is 52.5 Å². The SMILES string of the molecule is CN=C(NCCS(=O)(=O)N1CCN(c2ccccn2)CC1)NCc1ccc(C)c(F)c1. The molecular weight excluding hydrogens is 419 g/mol. The minimum absolute atomic E-state index is 0.0313. The minimum atomic E-state index is -3.38. The average Bonchev–Trinajstić information content (AvgIpc) is 2.79. The highest BCUT2D eigenvalue weighted by Crippen LogP contribution is 2.14. The van der Waals surface area contributed by atoms with E-state index >= 15 is 0 Å². The molecule has 0 radical (unpaired) electrons. The fourth-order valence-corrected chi connectivity index (χ4v) is 4.65. The van der Waals surface area contributed by atoms with Crippen LogP contribution in [-0.2, 0) is 16.6 Å². The van der Waals surface area contributed by atoms with Gasteiger partial charge < -0.3 is 15.5 Å². The molecular formula is C21H29FN6O2S. The number of hydrogen-bond donors (Lipinski definition) is 2. The van der Waals surface area contributed by atoms with Crippen LogP contribution in [0, 0.1) is 12.7 Å². The summed E-state index contributed by atoms with van der Waals surface area (Å²) in [5, 5.41) is 6.09. The van der Waals surface area contributed by atoms with Gasteiger partial charge in [0.2, 0.25) is 10.0 Å². The number of piperazine rings is 1. The molecule has 0 saturated carbocycles. The highest BCUT2D eigenvalue weighted by Gasteiger charge is 2.27. The van der Waals surface area contributed by atoms with Crippen LogP contribution in [0.1, 0.15) is 11.1 Å². The lowest BCUT2D eigenvalue weighted by molar-refractivity contribution is 0.384. The third-order valence-corrected chi connectivity index (χ3v) is 7.05. The van der Waals surface area contributed by atoms with E-state index in [4.69, 9.17) is 0 Å². The Labute approximate surface area is 183 Å². The first-order chi connectivity index (χ1) is 14.9. The number of nitrogens with zero attached hydrogens (tertiary/aromatic N) is 4. The van der Waals surface area contributed by atoms with E-state index in [-0.39, 0.29) is 18.1 Å². The lowest BCUT2D eigenvalue weighted by Gasteiger charge is -2.34. The van der Waals surface area contributed by atoms with Crippen LogP contribution in [-0.4, -0.2) is 69.2 Å². The molecule has 2 N–H and O–H groups in total. The maximum Gasteiger partial charge on any atom is 0.215 e. The van der Waals surface area contributed by atoms with E-state index in [1.165, 1.54) is 10.4 Å². The molecule has 0 unspecified atom stereocenters. The second-order valence-corrected chi connectivity index (χ2v) is 9.41. The van der Waals surface area contributed by atoms with E-state index in [1.807, 2.05) is 24.3 Å². The standard InChI is InChI=1S/C21H29FN6O2S/c1-17-6-7-18(15-19(17)22)16-26-21(23-2)25-9-14-31(29,30)28-12-10-27(11-13-28)20-5-3-4-8-24-20/h3-8,15H,9-14,16H2,1-2H3,(H2,23,25,26). The van der Waals surface area contributed by atoms with E-state index in [2.05, 4.69) is 25.5 Å². The molecule has 0 amide bonds. The molecule has 1 aliphatic heterocycles. The van der Waals surface area contributed by atoms with Crippen molar-refractivity contribution in [3.63, 3.8) is 0 Å². The normalized spacial score (nSPS) is 15.7. The summed E-state index contributed by atoms with van der Waals surface area (Å²) in [6.45, 7) is 4.42. The van der Waals surface area contributed by atoms with Gasteiger partial charge in [-0.15, -0.1) is 0 Å². The number of pyridine rings is 1. The highest BCUT2D eigenvalue weighted by molar-refractivity contribution is 7.89. The number of hydrogen-bond acceptors (Lipinski definition) is 5. The predicted octanol–water partition coefficient (Wildman–Crippen LogP) is 1.35. The van der Waals surface area contributed by atoms with Crippen molar-refractivity contribution in [2.24, 2.45) is 4.99 Å². The van der Waals surface area contributed by atoms with Crippen molar-refractivity contribution in [3.8, 4) is 0 Å². The molecule has 0 atom stereocenters. The summed E-state index contributed by atoms with van der Waals surface area (Å²) in [5.74, 6) is 1.05. The number of sulfonamides is 1. The van der Waals surface area contributed by atoms with Crippen LogP contribution in [0.5, 0.6) is 0 Å². The largest absolute Gasteiger partial charge is 0.355 e. The zero-order valence-electron chi connectivity index (χ0n) is 17.9. The number of guanidine groups is 1. The lowest BCUT2D eigenvalue weighted by atomic mass is 10.1. The zero-order chi connectivity index (χ0) is 22.3. The monoisotopic (exact) mass is 448 g/mol. The molecule has 0 bridgehead atoms.